The summed E-state index contributed by atoms with van der Waals surface area (Å²) < 4.78 is 11.4. The Kier molecular flexibility index (Phi) is 6.95. The Hall–Kier alpha value is -2.78. The number of aliphatic hydroxyl groups is 1. The fraction of sp³-hybridized carbons (Fsp3) is 0.308. The largest absolute Gasteiger partial charge is 0.494 e. The highest BCUT2D eigenvalue weighted by Crippen LogP contribution is 2.31. The molecule has 0 spiro atoms. The molecule has 0 radical (unpaired) electrons. The molecule has 0 aromatic heterocycles. The summed E-state index contributed by atoms with van der Waals surface area (Å²) in [6.45, 7) is 6.98. The van der Waals surface area contributed by atoms with Gasteiger partial charge in [-0.15, -0.1) is 0 Å². The molecule has 0 saturated heterocycles. The third-order valence-electron chi connectivity index (χ3n) is 5.04. The van der Waals surface area contributed by atoms with Gasteiger partial charge < -0.3 is 14.6 Å². The van der Waals surface area contributed by atoms with E-state index < -0.39 is 6.10 Å². The predicted octanol–water partition coefficient (Wildman–Crippen LogP) is 6.15. The zero-order valence-corrected chi connectivity index (χ0v) is 17.5. The molecule has 1 N–H and O–H groups in total. The molecule has 0 bridgehead atoms. The van der Waals surface area contributed by atoms with Gasteiger partial charge in [0, 0.05) is 0 Å². The van der Waals surface area contributed by atoms with Gasteiger partial charge in [-0.1, -0.05) is 56.3 Å². The molecule has 29 heavy (non-hydrogen) atoms. The average molecular weight is 391 g/mol. The van der Waals surface area contributed by atoms with Crippen LogP contribution >= 0.6 is 0 Å². The Morgan fingerprint density at radius 2 is 1.52 bits per heavy atom. The summed E-state index contributed by atoms with van der Waals surface area (Å²) in [5.74, 6) is 2.47. The van der Waals surface area contributed by atoms with Crippen molar-refractivity contribution in [1.29, 1.82) is 0 Å². The summed E-state index contributed by atoms with van der Waals surface area (Å²) in [5.41, 5.74) is 2.12. The molecule has 0 aliphatic heterocycles. The van der Waals surface area contributed by atoms with E-state index in [0.717, 1.165) is 22.8 Å². The molecule has 152 valence electrons. The first-order valence-electron chi connectivity index (χ1n) is 10.2. The van der Waals surface area contributed by atoms with Crippen molar-refractivity contribution in [2.45, 2.75) is 45.1 Å². The second kappa shape index (κ2) is 9.62. The molecule has 0 heterocycles. The fourth-order valence-electron chi connectivity index (χ4n) is 3.58. The Morgan fingerprint density at radius 3 is 2.21 bits per heavy atom. The van der Waals surface area contributed by atoms with Crippen LogP contribution in [0.5, 0.6) is 17.2 Å². The number of aliphatic hydroxyl groups excluding tert-OH is 1. The molecule has 3 aromatic rings. The standard InChI is InChI=1S/C26H30O3/c1-4-28-23-15-13-21(14-16-23)26(2,3)19-22(27)17-20-9-8-12-25(18-20)29-24-10-6-5-7-11-24/h5-16,18,22,27H,4,17,19H2,1-3H3. The number of rotatable bonds is 9. The van der Waals surface area contributed by atoms with Crippen LogP contribution in [0.1, 0.15) is 38.3 Å². The summed E-state index contributed by atoms with van der Waals surface area (Å²) in [6.07, 6.45) is 0.820. The van der Waals surface area contributed by atoms with Gasteiger partial charge in [-0.2, -0.15) is 0 Å². The van der Waals surface area contributed by atoms with Gasteiger partial charge in [0.15, 0.2) is 0 Å². The molecule has 0 aliphatic carbocycles. The molecule has 0 saturated carbocycles. The van der Waals surface area contributed by atoms with Gasteiger partial charge in [0.25, 0.3) is 0 Å². The minimum atomic E-state index is -0.441. The van der Waals surface area contributed by atoms with Crippen LogP contribution in [0.15, 0.2) is 78.9 Å². The van der Waals surface area contributed by atoms with E-state index in [1.807, 2.05) is 73.7 Å². The minimum absolute atomic E-state index is 0.137. The van der Waals surface area contributed by atoms with E-state index in [0.29, 0.717) is 19.4 Å². The van der Waals surface area contributed by atoms with Crippen molar-refractivity contribution in [2.24, 2.45) is 0 Å². The van der Waals surface area contributed by atoms with Gasteiger partial charge in [-0.05, 0) is 72.7 Å². The van der Waals surface area contributed by atoms with Gasteiger partial charge in [0.1, 0.15) is 17.2 Å². The maximum absolute atomic E-state index is 10.8. The van der Waals surface area contributed by atoms with Gasteiger partial charge in [-0.3, -0.25) is 0 Å². The summed E-state index contributed by atoms with van der Waals surface area (Å²) in [5, 5.41) is 10.8. The number of ether oxygens (including phenoxy) is 2. The Bertz CT molecular complexity index is 885. The summed E-state index contributed by atoms with van der Waals surface area (Å²) in [7, 11) is 0. The van der Waals surface area contributed by atoms with Gasteiger partial charge in [-0.25, -0.2) is 0 Å². The lowest BCUT2D eigenvalue weighted by atomic mass is 9.79. The van der Waals surface area contributed by atoms with E-state index in [1.165, 1.54) is 5.56 Å². The first-order chi connectivity index (χ1) is 14.0. The molecule has 0 fully saturated rings. The minimum Gasteiger partial charge on any atom is -0.494 e. The Morgan fingerprint density at radius 1 is 0.828 bits per heavy atom. The van der Waals surface area contributed by atoms with Crippen molar-refractivity contribution in [1.82, 2.24) is 0 Å². The van der Waals surface area contributed by atoms with Crippen molar-refractivity contribution in [3.05, 3.63) is 90.0 Å². The lowest BCUT2D eigenvalue weighted by Gasteiger charge is -2.28. The first-order valence-corrected chi connectivity index (χ1v) is 10.2. The molecular formula is C26H30O3. The molecule has 1 unspecified atom stereocenters. The predicted molar refractivity (Wildman–Crippen MR) is 118 cm³/mol. The van der Waals surface area contributed by atoms with Crippen LogP contribution in [0.2, 0.25) is 0 Å². The van der Waals surface area contributed by atoms with Crippen LogP contribution < -0.4 is 9.47 Å². The zero-order chi connectivity index (χ0) is 20.7. The summed E-state index contributed by atoms with van der Waals surface area (Å²) in [4.78, 5) is 0. The molecule has 0 amide bonds. The average Bonchev–Trinajstić information content (AvgIpc) is 2.69. The van der Waals surface area contributed by atoms with Gasteiger partial charge in [0.05, 0.1) is 12.7 Å². The van der Waals surface area contributed by atoms with Crippen molar-refractivity contribution in [2.75, 3.05) is 6.61 Å². The van der Waals surface area contributed by atoms with Crippen LogP contribution in [-0.4, -0.2) is 17.8 Å². The number of benzene rings is 3. The zero-order valence-electron chi connectivity index (χ0n) is 17.5. The van der Waals surface area contributed by atoms with Gasteiger partial charge in [0.2, 0.25) is 0 Å². The van der Waals surface area contributed by atoms with Crippen molar-refractivity contribution in [3.8, 4) is 17.2 Å². The lowest BCUT2D eigenvalue weighted by Crippen LogP contribution is -2.26. The highest BCUT2D eigenvalue weighted by molar-refractivity contribution is 5.35. The topological polar surface area (TPSA) is 38.7 Å². The smallest absolute Gasteiger partial charge is 0.127 e. The normalized spacial score (nSPS) is 12.4. The van der Waals surface area contributed by atoms with Crippen LogP contribution in [-0.2, 0) is 11.8 Å². The monoisotopic (exact) mass is 390 g/mol. The quantitative estimate of drug-likeness (QED) is 0.476. The van der Waals surface area contributed by atoms with E-state index in [2.05, 4.69) is 26.0 Å². The number of hydrogen-bond acceptors (Lipinski definition) is 3. The second-order valence-corrected chi connectivity index (χ2v) is 7.97. The van der Waals surface area contributed by atoms with Crippen molar-refractivity contribution < 1.29 is 14.6 Å². The van der Waals surface area contributed by atoms with Crippen LogP contribution in [0.25, 0.3) is 0 Å². The first kappa shape index (κ1) is 20.9. The highest BCUT2D eigenvalue weighted by atomic mass is 16.5. The Balaban J connectivity index is 1.62. The molecule has 3 heteroatoms. The third-order valence-corrected chi connectivity index (χ3v) is 5.04. The number of hydrogen-bond donors (Lipinski definition) is 1. The van der Waals surface area contributed by atoms with Crippen LogP contribution in [0.4, 0.5) is 0 Å². The Labute approximate surface area is 173 Å². The molecular weight excluding hydrogens is 360 g/mol. The van der Waals surface area contributed by atoms with E-state index in [4.69, 9.17) is 9.47 Å². The fourth-order valence-corrected chi connectivity index (χ4v) is 3.58. The van der Waals surface area contributed by atoms with Crippen LogP contribution in [0.3, 0.4) is 0 Å². The molecule has 0 aliphatic rings. The van der Waals surface area contributed by atoms with E-state index >= 15 is 0 Å². The van der Waals surface area contributed by atoms with Crippen molar-refractivity contribution in [3.63, 3.8) is 0 Å². The number of para-hydroxylation sites is 1. The third kappa shape index (κ3) is 6.10. The van der Waals surface area contributed by atoms with Gasteiger partial charge >= 0.3 is 0 Å². The summed E-state index contributed by atoms with van der Waals surface area (Å²) >= 11 is 0. The van der Waals surface area contributed by atoms with Crippen LogP contribution in [0, 0.1) is 0 Å². The molecule has 3 aromatic carbocycles. The van der Waals surface area contributed by atoms with E-state index in [1.54, 1.807) is 0 Å². The molecule has 3 nitrogen and oxygen atoms in total. The van der Waals surface area contributed by atoms with Crippen molar-refractivity contribution >= 4 is 0 Å². The second-order valence-electron chi connectivity index (χ2n) is 7.97. The van der Waals surface area contributed by atoms with E-state index in [-0.39, 0.29) is 5.41 Å². The molecule has 1 atom stereocenters. The SMILES string of the molecule is CCOc1ccc(C(C)(C)CC(O)Cc2cccc(Oc3ccccc3)c2)cc1. The lowest BCUT2D eigenvalue weighted by molar-refractivity contribution is 0.139. The molecule has 3 rings (SSSR count). The van der Waals surface area contributed by atoms with E-state index in [9.17, 15) is 5.11 Å². The summed E-state index contributed by atoms with van der Waals surface area (Å²) in [6, 6.07) is 25.8. The maximum Gasteiger partial charge on any atom is 0.127 e. The highest BCUT2D eigenvalue weighted by Gasteiger charge is 2.24. The maximum atomic E-state index is 10.8.